The molecular weight excluding hydrogens is 182 g/mol. The largest absolute Gasteiger partial charge is 0.385 e. The van der Waals surface area contributed by atoms with Crippen molar-refractivity contribution in [1.29, 1.82) is 0 Å². The Kier molecular flexibility index (Phi) is 20.5. The van der Waals surface area contributed by atoms with Crippen molar-refractivity contribution in [3.63, 3.8) is 0 Å². The van der Waals surface area contributed by atoms with Crippen LogP contribution < -0.4 is 5.32 Å². The van der Waals surface area contributed by atoms with Crippen LogP contribution in [0, 0.1) is 0 Å². The van der Waals surface area contributed by atoms with Crippen molar-refractivity contribution in [2.45, 2.75) is 50.0 Å². The highest BCUT2D eigenvalue weighted by Crippen LogP contribution is 2.08. The Morgan fingerprint density at radius 3 is 1.67 bits per heavy atom. The summed E-state index contributed by atoms with van der Waals surface area (Å²) < 4.78 is 0. The van der Waals surface area contributed by atoms with E-state index in [4.69, 9.17) is 0 Å². The molecule has 1 nitrogen and oxygen atoms in total. The first-order valence-electron chi connectivity index (χ1n) is 4.19. The lowest BCUT2D eigenvalue weighted by Crippen LogP contribution is -1.95. The van der Waals surface area contributed by atoms with Gasteiger partial charge in [0, 0.05) is 12.2 Å². The molecule has 0 amide bonds. The van der Waals surface area contributed by atoms with Gasteiger partial charge in [0.2, 0.25) is 0 Å². The topological polar surface area (TPSA) is 12.0 Å². The molecule has 0 saturated heterocycles. The molecule has 15 heavy (non-hydrogen) atoms. The fourth-order valence-electron chi connectivity index (χ4n) is 1.06. The number of nitrogens with one attached hydrogen (secondary N) is 1. The third-order valence-corrected chi connectivity index (χ3v) is 1.74. The van der Waals surface area contributed by atoms with Crippen LogP contribution in [0.3, 0.4) is 0 Å². The molecule has 0 aliphatic heterocycles. The van der Waals surface area contributed by atoms with E-state index in [0.717, 1.165) is 13.0 Å². The number of benzene rings is 1. The van der Waals surface area contributed by atoms with Crippen LogP contribution in [0.25, 0.3) is 0 Å². The first kappa shape index (κ1) is 23.7. The van der Waals surface area contributed by atoms with Crippen LogP contribution in [0.2, 0.25) is 0 Å². The summed E-state index contributed by atoms with van der Waals surface area (Å²) in [5.74, 6) is 0. The fourth-order valence-corrected chi connectivity index (χ4v) is 1.06. The summed E-state index contributed by atoms with van der Waals surface area (Å²) in [6.45, 7) is 5.27. The second kappa shape index (κ2) is 13.0. The monoisotopic (exact) mass is 213 g/mol. The molecule has 0 unspecified atom stereocenters. The summed E-state index contributed by atoms with van der Waals surface area (Å²) >= 11 is 0. The Hall–Kier alpha value is -0.980. The highest BCUT2D eigenvalue weighted by atomic mass is 14.8. The maximum Gasteiger partial charge on any atom is 0.0340 e. The second-order valence-corrected chi connectivity index (χ2v) is 2.58. The van der Waals surface area contributed by atoms with Crippen molar-refractivity contribution < 1.29 is 0 Å². The van der Waals surface area contributed by atoms with Gasteiger partial charge in [-0.15, -0.1) is 0 Å². The summed E-state index contributed by atoms with van der Waals surface area (Å²) in [6, 6.07) is 8.58. The van der Waals surface area contributed by atoms with E-state index in [2.05, 4.69) is 43.4 Å². The molecule has 0 aromatic heterocycles. The van der Waals surface area contributed by atoms with Crippen molar-refractivity contribution in [1.82, 2.24) is 0 Å². The molecule has 1 aromatic rings. The molecule has 0 bridgehead atoms. The van der Waals surface area contributed by atoms with Crippen molar-refractivity contribution >= 4 is 5.69 Å². The lowest BCUT2D eigenvalue weighted by molar-refractivity contribution is 1.13. The summed E-state index contributed by atoms with van der Waals surface area (Å²) in [7, 11) is 0. The van der Waals surface area contributed by atoms with Gasteiger partial charge in [-0.1, -0.05) is 48.8 Å². The summed E-state index contributed by atoms with van der Waals surface area (Å²) in [6.07, 6.45) is 1.12. The van der Waals surface area contributed by atoms with Crippen LogP contribution in [0.1, 0.15) is 49.1 Å². The predicted octanol–water partition coefficient (Wildman–Crippen LogP) is 5.23. The highest BCUT2D eigenvalue weighted by Gasteiger charge is 1.89. The standard InChI is InChI=1S/C10H15N.4CH4/c1-3-9-5-7-10(8-6-9)11-4-2;;;;/h5-8,11H,3-4H2,1-2H3;4*1H4. The average Bonchev–Trinajstić information content (AvgIpc) is 2.07. The zero-order valence-electron chi connectivity index (χ0n) is 7.22. The molecule has 1 rings (SSSR count). The number of hydrogen-bond acceptors (Lipinski definition) is 1. The van der Waals surface area contributed by atoms with Crippen LogP contribution in [0.5, 0.6) is 0 Å². The Morgan fingerprint density at radius 2 is 1.33 bits per heavy atom. The van der Waals surface area contributed by atoms with E-state index in [0.29, 0.717) is 0 Å². The lowest BCUT2D eigenvalue weighted by atomic mass is 10.1. The molecule has 0 spiro atoms. The van der Waals surface area contributed by atoms with E-state index in [1.165, 1.54) is 11.3 Å². The maximum absolute atomic E-state index is 3.26. The van der Waals surface area contributed by atoms with Gasteiger partial charge in [-0.2, -0.15) is 0 Å². The average molecular weight is 213 g/mol. The van der Waals surface area contributed by atoms with Gasteiger partial charge in [0.25, 0.3) is 0 Å². The zero-order valence-corrected chi connectivity index (χ0v) is 7.22. The van der Waals surface area contributed by atoms with Crippen LogP contribution in [0.4, 0.5) is 5.69 Å². The minimum absolute atomic E-state index is 0. The third-order valence-electron chi connectivity index (χ3n) is 1.74. The molecule has 0 atom stereocenters. The van der Waals surface area contributed by atoms with Crippen LogP contribution in [0.15, 0.2) is 24.3 Å². The van der Waals surface area contributed by atoms with Gasteiger partial charge in [-0.3, -0.25) is 0 Å². The van der Waals surface area contributed by atoms with E-state index in [9.17, 15) is 0 Å². The number of anilines is 1. The van der Waals surface area contributed by atoms with Gasteiger partial charge >= 0.3 is 0 Å². The Morgan fingerprint density at radius 1 is 0.867 bits per heavy atom. The molecule has 0 saturated carbocycles. The molecule has 0 aliphatic carbocycles. The third kappa shape index (κ3) is 8.04. The van der Waals surface area contributed by atoms with E-state index < -0.39 is 0 Å². The Bertz CT molecular complexity index is 201. The van der Waals surface area contributed by atoms with Crippen molar-refractivity contribution in [3.8, 4) is 0 Å². The fraction of sp³-hybridized carbons (Fsp3) is 0.571. The molecule has 0 heterocycles. The van der Waals surface area contributed by atoms with Gasteiger partial charge < -0.3 is 5.32 Å². The van der Waals surface area contributed by atoms with Crippen LogP contribution in [-0.4, -0.2) is 6.54 Å². The normalized spacial score (nSPS) is 7.07. The Balaban J connectivity index is -0.000000151. The molecule has 1 N–H and O–H groups in total. The number of rotatable bonds is 3. The highest BCUT2D eigenvalue weighted by molar-refractivity contribution is 5.44. The summed E-state index contributed by atoms with van der Waals surface area (Å²) in [5, 5.41) is 3.26. The maximum atomic E-state index is 3.26. The number of hydrogen-bond donors (Lipinski definition) is 1. The van der Waals surface area contributed by atoms with Crippen molar-refractivity contribution in [3.05, 3.63) is 29.8 Å². The predicted molar refractivity (Wildman–Crippen MR) is 76.9 cm³/mol. The second-order valence-electron chi connectivity index (χ2n) is 2.58. The van der Waals surface area contributed by atoms with Crippen LogP contribution in [-0.2, 0) is 6.42 Å². The molecule has 0 aliphatic rings. The minimum atomic E-state index is 0. The number of aryl methyl sites for hydroxylation is 1. The van der Waals surface area contributed by atoms with Gasteiger partial charge in [-0.25, -0.2) is 0 Å². The smallest absolute Gasteiger partial charge is 0.0340 e. The summed E-state index contributed by atoms with van der Waals surface area (Å²) in [5.41, 5.74) is 2.61. The SMILES string of the molecule is C.C.C.C.CCNc1ccc(CC)cc1. The summed E-state index contributed by atoms with van der Waals surface area (Å²) in [4.78, 5) is 0. The zero-order chi connectivity index (χ0) is 8.10. The van der Waals surface area contributed by atoms with Gasteiger partial charge in [0.1, 0.15) is 0 Å². The quantitative estimate of drug-likeness (QED) is 0.725. The lowest BCUT2D eigenvalue weighted by Gasteiger charge is -2.02. The molecule has 92 valence electrons. The van der Waals surface area contributed by atoms with Crippen molar-refractivity contribution in [2.24, 2.45) is 0 Å². The molecule has 0 fully saturated rings. The first-order valence-corrected chi connectivity index (χ1v) is 4.19. The Labute approximate surface area is 97.9 Å². The first-order chi connectivity index (χ1) is 5.36. The molecule has 0 radical (unpaired) electrons. The molecule has 1 heteroatoms. The molecular formula is C14H31N. The van der Waals surface area contributed by atoms with Gasteiger partial charge in [-0.05, 0) is 31.0 Å². The van der Waals surface area contributed by atoms with E-state index in [1.54, 1.807) is 0 Å². The van der Waals surface area contributed by atoms with Crippen LogP contribution >= 0.6 is 0 Å². The van der Waals surface area contributed by atoms with Gasteiger partial charge in [0.15, 0.2) is 0 Å². The van der Waals surface area contributed by atoms with Gasteiger partial charge in [0.05, 0.1) is 0 Å². The van der Waals surface area contributed by atoms with E-state index >= 15 is 0 Å². The molecule has 1 aromatic carbocycles. The van der Waals surface area contributed by atoms with Crippen molar-refractivity contribution in [2.75, 3.05) is 11.9 Å². The van der Waals surface area contributed by atoms with E-state index in [-0.39, 0.29) is 29.7 Å². The minimum Gasteiger partial charge on any atom is -0.385 e. The van der Waals surface area contributed by atoms with E-state index in [1.807, 2.05) is 0 Å².